The van der Waals surface area contributed by atoms with Gasteiger partial charge in [0.1, 0.15) is 6.33 Å². The molecule has 2 rings (SSSR count). The molecule has 5 heteroatoms. The van der Waals surface area contributed by atoms with Crippen LogP contribution in [0, 0.1) is 0 Å². The number of nitrogens with zero attached hydrogens (tertiary/aromatic N) is 3. The Bertz CT molecular complexity index is 421. The second-order valence-electron chi connectivity index (χ2n) is 2.90. The maximum Gasteiger partial charge on any atom is 0.218 e. The number of hydrogen-bond acceptors (Lipinski definition) is 3. The highest BCUT2D eigenvalue weighted by Crippen LogP contribution is 2.11. The summed E-state index contributed by atoms with van der Waals surface area (Å²) in [5.74, 6) is 0.438. The minimum Gasteiger partial charge on any atom is -0.368 e. The van der Waals surface area contributed by atoms with Gasteiger partial charge in [-0.2, -0.15) is 5.10 Å². The molecule has 0 radical (unpaired) electrons. The van der Waals surface area contributed by atoms with Crippen molar-refractivity contribution in [2.24, 2.45) is 0 Å². The topological polar surface area (TPSA) is 56.7 Å². The molecule has 1 aromatic carbocycles. The third-order valence-corrected chi connectivity index (χ3v) is 2.42. The quantitative estimate of drug-likeness (QED) is 0.885. The highest BCUT2D eigenvalue weighted by molar-refractivity contribution is 9.10. The van der Waals surface area contributed by atoms with E-state index < -0.39 is 0 Å². The highest BCUT2D eigenvalue weighted by atomic mass is 79.9. The molecule has 14 heavy (non-hydrogen) atoms. The van der Waals surface area contributed by atoms with Crippen LogP contribution in [0.15, 0.2) is 35.1 Å². The predicted molar refractivity (Wildman–Crippen MR) is 57.7 cm³/mol. The second-order valence-corrected chi connectivity index (χ2v) is 3.82. The van der Waals surface area contributed by atoms with Crippen molar-refractivity contribution in [1.82, 2.24) is 14.8 Å². The summed E-state index contributed by atoms with van der Waals surface area (Å²) in [6.07, 6.45) is 1.45. The number of benzene rings is 1. The van der Waals surface area contributed by atoms with Crippen molar-refractivity contribution in [3.05, 3.63) is 40.6 Å². The molecular weight excluding hydrogens is 244 g/mol. The fraction of sp³-hybridized carbons (Fsp3) is 0.111. The van der Waals surface area contributed by atoms with Crippen LogP contribution in [0.5, 0.6) is 0 Å². The molecule has 2 N–H and O–H groups in total. The smallest absolute Gasteiger partial charge is 0.218 e. The van der Waals surface area contributed by atoms with Gasteiger partial charge in [-0.15, -0.1) is 0 Å². The summed E-state index contributed by atoms with van der Waals surface area (Å²) in [6.45, 7) is 0.652. The third kappa shape index (κ3) is 1.93. The summed E-state index contributed by atoms with van der Waals surface area (Å²) in [6, 6.07) is 8.02. The molecule has 0 saturated carbocycles. The summed E-state index contributed by atoms with van der Waals surface area (Å²) in [4.78, 5) is 3.85. The van der Waals surface area contributed by atoms with Crippen LogP contribution in [-0.2, 0) is 6.54 Å². The summed E-state index contributed by atoms with van der Waals surface area (Å²) in [5.41, 5.74) is 6.74. The maximum absolute atomic E-state index is 5.60. The van der Waals surface area contributed by atoms with Crippen LogP contribution in [0.1, 0.15) is 5.56 Å². The molecular formula is C9H9BrN4. The van der Waals surface area contributed by atoms with Gasteiger partial charge >= 0.3 is 0 Å². The van der Waals surface area contributed by atoms with Crippen LogP contribution >= 0.6 is 15.9 Å². The zero-order valence-electron chi connectivity index (χ0n) is 7.39. The third-order valence-electron chi connectivity index (χ3n) is 1.89. The lowest BCUT2D eigenvalue weighted by Gasteiger charge is -2.02. The first kappa shape index (κ1) is 9.21. The number of aromatic nitrogens is 3. The molecule has 0 unspecified atom stereocenters. The van der Waals surface area contributed by atoms with E-state index >= 15 is 0 Å². The molecule has 4 nitrogen and oxygen atoms in total. The minimum absolute atomic E-state index is 0.438. The first-order valence-electron chi connectivity index (χ1n) is 4.13. The number of halogens is 1. The normalized spacial score (nSPS) is 10.4. The Labute approximate surface area is 89.9 Å². The van der Waals surface area contributed by atoms with E-state index in [2.05, 4.69) is 26.0 Å². The Morgan fingerprint density at radius 1 is 1.29 bits per heavy atom. The van der Waals surface area contributed by atoms with E-state index in [1.165, 1.54) is 6.33 Å². The lowest BCUT2D eigenvalue weighted by molar-refractivity contribution is 0.696. The SMILES string of the molecule is Nc1ncnn1Cc1ccc(Br)cc1. The van der Waals surface area contributed by atoms with Crippen LogP contribution < -0.4 is 5.73 Å². The molecule has 0 aliphatic rings. The first-order valence-corrected chi connectivity index (χ1v) is 4.93. The molecule has 1 heterocycles. The zero-order chi connectivity index (χ0) is 9.97. The summed E-state index contributed by atoms with van der Waals surface area (Å²) in [5, 5.41) is 4.00. The van der Waals surface area contributed by atoms with Gasteiger partial charge in [-0.3, -0.25) is 0 Å². The van der Waals surface area contributed by atoms with Crippen LogP contribution in [0.25, 0.3) is 0 Å². The molecule has 0 bridgehead atoms. The Morgan fingerprint density at radius 3 is 2.57 bits per heavy atom. The van der Waals surface area contributed by atoms with Crippen LogP contribution in [0.4, 0.5) is 5.95 Å². The van der Waals surface area contributed by atoms with Crippen molar-refractivity contribution >= 4 is 21.9 Å². The van der Waals surface area contributed by atoms with Gasteiger partial charge in [-0.25, -0.2) is 9.67 Å². The lowest BCUT2D eigenvalue weighted by Crippen LogP contribution is -2.05. The summed E-state index contributed by atoms with van der Waals surface area (Å²) >= 11 is 3.38. The van der Waals surface area contributed by atoms with Crippen LogP contribution in [0.3, 0.4) is 0 Å². The molecule has 0 saturated heterocycles. The molecule has 0 amide bonds. The van der Waals surface area contributed by atoms with E-state index in [0.717, 1.165) is 10.0 Å². The van der Waals surface area contributed by atoms with Gasteiger partial charge in [-0.05, 0) is 17.7 Å². The molecule has 1 aromatic heterocycles. The zero-order valence-corrected chi connectivity index (χ0v) is 8.98. The molecule has 0 aliphatic carbocycles. The Morgan fingerprint density at radius 2 is 2.00 bits per heavy atom. The molecule has 0 spiro atoms. The summed E-state index contributed by atoms with van der Waals surface area (Å²) < 4.78 is 2.72. The summed E-state index contributed by atoms with van der Waals surface area (Å²) in [7, 11) is 0. The minimum atomic E-state index is 0.438. The monoisotopic (exact) mass is 252 g/mol. The van der Waals surface area contributed by atoms with Gasteiger partial charge < -0.3 is 5.73 Å². The standard InChI is InChI=1S/C9H9BrN4/c10-8-3-1-7(2-4-8)5-14-9(11)12-6-13-14/h1-4,6H,5H2,(H2,11,12,13). The molecule has 2 aromatic rings. The number of nitrogen functional groups attached to an aromatic ring is 1. The Hall–Kier alpha value is -1.36. The number of hydrogen-bond donors (Lipinski definition) is 1. The van der Waals surface area contributed by atoms with Gasteiger partial charge in [0, 0.05) is 4.47 Å². The number of anilines is 1. The van der Waals surface area contributed by atoms with Gasteiger partial charge in [0.05, 0.1) is 6.54 Å². The average molecular weight is 253 g/mol. The Balaban J connectivity index is 2.19. The van der Waals surface area contributed by atoms with Gasteiger partial charge in [0.15, 0.2) is 0 Å². The van der Waals surface area contributed by atoms with Crippen molar-refractivity contribution < 1.29 is 0 Å². The van der Waals surface area contributed by atoms with Crippen molar-refractivity contribution in [2.75, 3.05) is 5.73 Å². The molecule has 0 fully saturated rings. The van der Waals surface area contributed by atoms with Gasteiger partial charge in [0.2, 0.25) is 5.95 Å². The first-order chi connectivity index (χ1) is 6.75. The van der Waals surface area contributed by atoms with Crippen molar-refractivity contribution in [3.8, 4) is 0 Å². The van der Waals surface area contributed by atoms with E-state index in [1.54, 1.807) is 4.68 Å². The molecule has 72 valence electrons. The Kier molecular flexibility index (Phi) is 2.49. The fourth-order valence-electron chi connectivity index (χ4n) is 1.16. The van der Waals surface area contributed by atoms with Crippen molar-refractivity contribution in [1.29, 1.82) is 0 Å². The van der Waals surface area contributed by atoms with E-state index in [9.17, 15) is 0 Å². The predicted octanol–water partition coefficient (Wildman–Crippen LogP) is 1.67. The van der Waals surface area contributed by atoms with E-state index in [4.69, 9.17) is 5.73 Å². The van der Waals surface area contributed by atoms with E-state index in [-0.39, 0.29) is 0 Å². The highest BCUT2D eigenvalue weighted by Gasteiger charge is 2.00. The average Bonchev–Trinajstić information content (AvgIpc) is 2.56. The second kappa shape index (κ2) is 3.79. The van der Waals surface area contributed by atoms with Gasteiger partial charge in [0.25, 0.3) is 0 Å². The van der Waals surface area contributed by atoms with Gasteiger partial charge in [-0.1, -0.05) is 28.1 Å². The molecule has 0 atom stereocenters. The fourth-order valence-corrected chi connectivity index (χ4v) is 1.42. The lowest BCUT2D eigenvalue weighted by atomic mass is 10.2. The van der Waals surface area contributed by atoms with Crippen molar-refractivity contribution in [2.45, 2.75) is 6.54 Å². The number of nitrogens with two attached hydrogens (primary N) is 1. The maximum atomic E-state index is 5.60. The number of rotatable bonds is 2. The van der Waals surface area contributed by atoms with E-state index in [1.807, 2.05) is 24.3 Å². The largest absolute Gasteiger partial charge is 0.368 e. The van der Waals surface area contributed by atoms with Crippen LogP contribution in [0.2, 0.25) is 0 Å². The van der Waals surface area contributed by atoms with E-state index in [0.29, 0.717) is 12.5 Å². The van der Waals surface area contributed by atoms with Crippen LogP contribution in [-0.4, -0.2) is 14.8 Å². The molecule has 0 aliphatic heterocycles. The van der Waals surface area contributed by atoms with Crippen molar-refractivity contribution in [3.63, 3.8) is 0 Å².